The second-order valence-corrected chi connectivity index (χ2v) is 4.67. The summed E-state index contributed by atoms with van der Waals surface area (Å²) in [6.45, 7) is 1.68. The molecule has 5 heteroatoms. The maximum absolute atomic E-state index is 12.0. The molecule has 0 saturated heterocycles. The van der Waals surface area contributed by atoms with Crippen LogP contribution in [0.4, 0.5) is 5.69 Å². The molecule has 1 aromatic heterocycles. The van der Waals surface area contributed by atoms with Gasteiger partial charge in [0.25, 0.3) is 5.91 Å². The first-order valence-corrected chi connectivity index (χ1v) is 6.41. The molecule has 5 nitrogen and oxygen atoms in total. The Kier molecular flexibility index (Phi) is 3.10. The minimum absolute atomic E-state index is 0.190. The maximum Gasteiger partial charge on any atom is 0.341 e. The van der Waals surface area contributed by atoms with Crippen molar-refractivity contribution in [3.05, 3.63) is 53.0 Å². The Morgan fingerprint density at radius 1 is 1.33 bits per heavy atom. The molecule has 21 heavy (non-hydrogen) atoms. The molecule has 1 N–H and O–H groups in total. The number of methoxy groups -OCH3 is 1. The molecule has 0 saturated carbocycles. The van der Waals surface area contributed by atoms with Gasteiger partial charge in [0.15, 0.2) is 0 Å². The van der Waals surface area contributed by atoms with Gasteiger partial charge in [-0.1, -0.05) is 18.2 Å². The number of furan rings is 1. The number of anilines is 1. The highest BCUT2D eigenvalue weighted by molar-refractivity contribution is 6.34. The van der Waals surface area contributed by atoms with E-state index in [0.29, 0.717) is 22.7 Å². The lowest BCUT2D eigenvalue weighted by Gasteiger charge is -1.95. The minimum atomic E-state index is -0.461. The summed E-state index contributed by atoms with van der Waals surface area (Å²) in [6, 6.07) is 8.98. The van der Waals surface area contributed by atoms with Gasteiger partial charge in [-0.15, -0.1) is 0 Å². The largest absolute Gasteiger partial charge is 0.465 e. The van der Waals surface area contributed by atoms with Crippen molar-refractivity contribution in [3.8, 4) is 0 Å². The molecule has 1 aliphatic heterocycles. The van der Waals surface area contributed by atoms with Crippen LogP contribution < -0.4 is 5.32 Å². The van der Waals surface area contributed by atoms with Crippen LogP contribution in [0.3, 0.4) is 0 Å². The predicted octanol–water partition coefficient (Wildman–Crippen LogP) is 2.87. The van der Waals surface area contributed by atoms with Crippen LogP contribution in [0.15, 0.2) is 34.7 Å². The van der Waals surface area contributed by atoms with Crippen molar-refractivity contribution in [1.82, 2.24) is 0 Å². The van der Waals surface area contributed by atoms with Gasteiger partial charge in [-0.25, -0.2) is 4.79 Å². The molecule has 0 spiro atoms. The average Bonchev–Trinajstić information content (AvgIpc) is 2.99. The lowest BCUT2D eigenvalue weighted by Crippen LogP contribution is -2.03. The van der Waals surface area contributed by atoms with Gasteiger partial charge < -0.3 is 14.5 Å². The molecule has 0 bridgehead atoms. The molecule has 2 aromatic rings. The van der Waals surface area contributed by atoms with Crippen LogP contribution >= 0.6 is 0 Å². The molecule has 0 radical (unpaired) electrons. The third-order valence-corrected chi connectivity index (χ3v) is 3.34. The molecule has 1 aliphatic rings. The molecule has 1 aromatic carbocycles. The second kappa shape index (κ2) is 4.94. The minimum Gasteiger partial charge on any atom is -0.465 e. The SMILES string of the molecule is COC(=O)c1cc(/C=C2\C(=O)Nc3ccccc32)oc1C. The first kappa shape index (κ1) is 13.2. The molecule has 106 valence electrons. The van der Waals surface area contributed by atoms with Gasteiger partial charge in [-0.2, -0.15) is 0 Å². The number of rotatable bonds is 2. The lowest BCUT2D eigenvalue weighted by atomic mass is 10.1. The van der Waals surface area contributed by atoms with Crippen LogP contribution in [0.1, 0.15) is 27.4 Å². The quantitative estimate of drug-likeness (QED) is 0.679. The van der Waals surface area contributed by atoms with Crippen molar-refractivity contribution in [2.24, 2.45) is 0 Å². The van der Waals surface area contributed by atoms with E-state index in [1.54, 1.807) is 19.1 Å². The maximum atomic E-state index is 12.0. The van der Waals surface area contributed by atoms with Gasteiger partial charge in [0.05, 0.1) is 12.7 Å². The van der Waals surface area contributed by atoms with E-state index >= 15 is 0 Å². The topological polar surface area (TPSA) is 68.5 Å². The number of fused-ring (bicyclic) bond motifs is 1. The zero-order valence-corrected chi connectivity index (χ0v) is 11.6. The first-order valence-electron chi connectivity index (χ1n) is 6.41. The van der Waals surface area contributed by atoms with Gasteiger partial charge in [0, 0.05) is 11.3 Å². The fraction of sp³-hybridized carbons (Fsp3) is 0.125. The number of aryl methyl sites for hydroxylation is 1. The van der Waals surface area contributed by atoms with Gasteiger partial charge in [0.2, 0.25) is 0 Å². The predicted molar refractivity (Wildman–Crippen MR) is 77.7 cm³/mol. The normalized spacial score (nSPS) is 15.0. The van der Waals surface area contributed by atoms with Crippen LogP contribution in [0, 0.1) is 6.92 Å². The highest BCUT2D eigenvalue weighted by Gasteiger charge is 2.24. The number of para-hydroxylation sites is 1. The van der Waals surface area contributed by atoms with Crippen LogP contribution in [0.25, 0.3) is 11.6 Å². The van der Waals surface area contributed by atoms with E-state index in [1.165, 1.54) is 7.11 Å². The summed E-state index contributed by atoms with van der Waals surface area (Å²) in [5.41, 5.74) is 2.45. The number of hydrogen-bond acceptors (Lipinski definition) is 4. The van der Waals surface area contributed by atoms with Crippen LogP contribution in [-0.2, 0) is 9.53 Å². The molecule has 0 aliphatic carbocycles. The number of esters is 1. The monoisotopic (exact) mass is 283 g/mol. The highest BCUT2D eigenvalue weighted by Crippen LogP contribution is 2.33. The molecule has 0 atom stereocenters. The number of benzene rings is 1. The second-order valence-electron chi connectivity index (χ2n) is 4.67. The van der Waals surface area contributed by atoms with Gasteiger partial charge in [-0.05, 0) is 25.1 Å². The number of hydrogen-bond donors (Lipinski definition) is 1. The van der Waals surface area contributed by atoms with Gasteiger partial charge >= 0.3 is 5.97 Å². The molecule has 3 rings (SSSR count). The number of carbonyl (C=O) groups excluding carboxylic acids is 2. The molecular weight excluding hydrogens is 270 g/mol. The smallest absolute Gasteiger partial charge is 0.341 e. The van der Waals surface area contributed by atoms with E-state index < -0.39 is 5.97 Å². The summed E-state index contributed by atoms with van der Waals surface area (Å²) in [7, 11) is 1.31. The van der Waals surface area contributed by atoms with Gasteiger partial charge in [0.1, 0.15) is 17.1 Å². The number of nitrogens with one attached hydrogen (secondary N) is 1. The van der Waals surface area contributed by atoms with Gasteiger partial charge in [-0.3, -0.25) is 4.79 Å². The highest BCUT2D eigenvalue weighted by atomic mass is 16.5. The lowest BCUT2D eigenvalue weighted by molar-refractivity contribution is -0.110. The third-order valence-electron chi connectivity index (χ3n) is 3.34. The zero-order valence-electron chi connectivity index (χ0n) is 11.6. The third kappa shape index (κ3) is 2.23. The average molecular weight is 283 g/mol. The fourth-order valence-corrected chi connectivity index (χ4v) is 2.31. The standard InChI is InChI=1S/C16H13NO4/c1-9-12(16(19)20-2)7-10(21-9)8-13-11-5-3-4-6-14(11)17-15(13)18/h3-8H,1-2H3,(H,17,18)/b13-8-. The van der Waals surface area contributed by atoms with Crippen LogP contribution in [0.5, 0.6) is 0 Å². The molecule has 0 fully saturated rings. The van der Waals surface area contributed by atoms with Crippen molar-refractivity contribution in [1.29, 1.82) is 0 Å². The van der Waals surface area contributed by atoms with Crippen molar-refractivity contribution >= 4 is 29.2 Å². The summed E-state index contributed by atoms with van der Waals surface area (Å²) in [4.78, 5) is 23.6. The van der Waals surface area contributed by atoms with Crippen molar-refractivity contribution in [2.45, 2.75) is 6.92 Å². The van der Waals surface area contributed by atoms with E-state index in [-0.39, 0.29) is 5.91 Å². The van der Waals surface area contributed by atoms with E-state index in [1.807, 2.05) is 24.3 Å². The zero-order chi connectivity index (χ0) is 15.0. The van der Waals surface area contributed by atoms with E-state index in [0.717, 1.165) is 11.3 Å². The summed E-state index contributed by atoms with van der Waals surface area (Å²) in [5, 5.41) is 2.78. The Hall–Kier alpha value is -2.82. The summed E-state index contributed by atoms with van der Waals surface area (Å²) < 4.78 is 10.2. The summed E-state index contributed by atoms with van der Waals surface area (Å²) in [6.07, 6.45) is 1.63. The Balaban J connectivity index is 2.03. The molecular formula is C16H13NO4. The fourth-order valence-electron chi connectivity index (χ4n) is 2.31. The Labute approximate surface area is 121 Å². The Bertz CT molecular complexity index is 770. The summed E-state index contributed by atoms with van der Waals surface area (Å²) >= 11 is 0. The number of amides is 1. The first-order chi connectivity index (χ1) is 10.1. The van der Waals surface area contributed by atoms with Crippen LogP contribution in [-0.4, -0.2) is 19.0 Å². The van der Waals surface area contributed by atoms with Crippen molar-refractivity contribution in [3.63, 3.8) is 0 Å². The molecule has 1 amide bonds. The molecule has 0 unspecified atom stereocenters. The van der Waals surface area contributed by atoms with Crippen molar-refractivity contribution < 1.29 is 18.7 Å². The van der Waals surface area contributed by atoms with E-state index in [4.69, 9.17) is 4.42 Å². The Morgan fingerprint density at radius 3 is 2.86 bits per heavy atom. The number of ether oxygens (including phenoxy) is 1. The van der Waals surface area contributed by atoms with E-state index in [9.17, 15) is 9.59 Å². The summed E-state index contributed by atoms with van der Waals surface area (Å²) in [5.74, 6) is 0.247. The van der Waals surface area contributed by atoms with Crippen molar-refractivity contribution in [2.75, 3.05) is 12.4 Å². The number of carbonyl (C=O) groups is 2. The van der Waals surface area contributed by atoms with E-state index in [2.05, 4.69) is 10.1 Å². The Morgan fingerprint density at radius 2 is 2.10 bits per heavy atom. The van der Waals surface area contributed by atoms with Crippen LogP contribution in [0.2, 0.25) is 0 Å². The molecule has 2 heterocycles.